The molecule has 0 rings (SSSR count). The first-order valence-electron chi connectivity index (χ1n) is 0.698. The molecule has 0 aliphatic carbocycles. The van der Waals surface area contributed by atoms with Crippen molar-refractivity contribution < 1.29 is 17.5 Å². The molecule has 0 amide bonds. The van der Waals surface area contributed by atoms with Crippen molar-refractivity contribution in [2.45, 2.75) is 0 Å². The molecule has 0 saturated heterocycles. The first kappa shape index (κ1) is 22.5. The van der Waals surface area contributed by atoms with E-state index in [9.17, 15) is 0 Å². The van der Waals surface area contributed by atoms with Gasteiger partial charge in [0.1, 0.15) is 0 Å². The van der Waals surface area contributed by atoms with Gasteiger partial charge in [0.15, 0.2) is 0 Å². The Hall–Kier alpha value is 2.22. The summed E-state index contributed by atoms with van der Waals surface area (Å²) >= 11 is 0. The summed E-state index contributed by atoms with van der Waals surface area (Å²) in [5, 5.41) is 0. The average molecular weight is 180 g/mol. The van der Waals surface area contributed by atoms with Gasteiger partial charge in [-0.05, 0) is 0 Å². The maximum absolute atomic E-state index is 8.74. The molecule has 2 N–H and O–H groups in total. The van der Waals surface area contributed by atoms with Crippen molar-refractivity contribution in [3.05, 3.63) is 0 Å². The van der Waals surface area contributed by atoms with Crippen LogP contribution in [0.2, 0.25) is 0 Å². The van der Waals surface area contributed by atoms with Crippen LogP contribution in [0.15, 0.2) is 0 Å². The minimum atomic E-state index is -4.67. The van der Waals surface area contributed by atoms with Crippen LogP contribution in [0.3, 0.4) is 0 Å². The number of rotatable bonds is 0. The van der Waals surface area contributed by atoms with Crippen molar-refractivity contribution in [3.8, 4) is 0 Å². The van der Waals surface area contributed by atoms with Crippen LogP contribution in [0.4, 0.5) is 0 Å². The third-order valence-corrected chi connectivity index (χ3v) is 0. The summed E-state index contributed by atoms with van der Waals surface area (Å²) in [6.07, 6.45) is 0. The number of hydrogen-bond donors (Lipinski definition) is 2. The van der Waals surface area contributed by atoms with E-state index in [1.54, 1.807) is 0 Å². The van der Waals surface area contributed by atoms with Crippen LogP contribution in [0.25, 0.3) is 0 Å². The first-order chi connectivity index (χ1) is 2.00. The summed E-state index contributed by atoms with van der Waals surface area (Å²) in [4.78, 5) is 0. The molecule has 0 fully saturated rings. The quantitative estimate of drug-likeness (QED) is 0.339. The molecule has 0 aromatic heterocycles. The normalized spacial score (nSPS) is 7.25. The molecule has 0 spiro atoms. The Morgan fingerprint density at radius 2 is 1.00 bits per heavy atom. The van der Waals surface area contributed by atoms with E-state index in [2.05, 4.69) is 0 Å². The van der Waals surface area contributed by atoms with E-state index in [1.807, 2.05) is 0 Å². The molecule has 0 saturated carbocycles. The van der Waals surface area contributed by atoms with Gasteiger partial charge in [0.2, 0.25) is 0 Å². The van der Waals surface area contributed by atoms with Gasteiger partial charge in [0, 0.05) is 0 Å². The van der Waals surface area contributed by atoms with E-state index in [-0.39, 0.29) is 72.6 Å². The molecule has 0 heterocycles. The second-order valence-electron chi connectivity index (χ2n) is 0.448. The first-order valence-corrected chi connectivity index (χ1v) is 2.10. The molecule has 8 heavy (non-hydrogen) atoms. The summed E-state index contributed by atoms with van der Waals surface area (Å²) in [6.45, 7) is 0. The van der Waals surface area contributed by atoms with Crippen LogP contribution in [-0.2, 0) is 10.4 Å². The summed E-state index contributed by atoms with van der Waals surface area (Å²) in [6, 6.07) is 0. The van der Waals surface area contributed by atoms with Crippen LogP contribution in [0.1, 0.15) is 0 Å². The van der Waals surface area contributed by atoms with Crippen molar-refractivity contribution in [2.75, 3.05) is 0 Å². The second kappa shape index (κ2) is 9.22. The summed E-state index contributed by atoms with van der Waals surface area (Å²) < 4.78 is 31.6. The topological polar surface area (TPSA) is 74.6 Å². The van der Waals surface area contributed by atoms with Crippen molar-refractivity contribution >= 4 is 83.0 Å². The fraction of sp³-hybridized carbons (Fsp3) is 0. The van der Waals surface area contributed by atoms with E-state index < -0.39 is 10.4 Å². The minimum absolute atomic E-state index is 0. The molecule has 0 unspecified atom stereocenters. The van der Waals surface area contributed by atoms with Gasteiger partial charge in [-0.25, -0.2) is 0 Å². The Bertz CT molecular complexity index is 95.2. The van der Waals surface area contributed by atoms with Crippen molar-refractivity contribution in [1.82, 2.24) is 0 Å². The Morgan fingerprint density at radius 1 is 1.00 bits per heavy atom. The third kappa shape index (κ3) is 86.9. The van der Waals surface area contributed by atoms with Crippen molar-refractivity contribution in [3.63, 3.8) is 0 Å². The van der Waals surface area contributed by atoms with Crippen LogP contribution >= 0.6 is 13.5 Å². The van der Waals surface area contributed by atoms with Gasteiger partial charge in [0.05, 0.1) is 0 Å². The molecule has 8 heteroatoms. The molecular weight excluding hydrogens is 174 g/mol. The Balaban J connectivity index is -0.0000000267. The second-order valence-corrected chi connectivity index (χ2v) is 1.34. The van der Waals surface area contributed by atoms with Crippen molar-refractivity contribution in [1.29, 1.82) is 0 Å². The molecule has 0 atom stereocenters. The molecule has 0 aliphatic rings. The van der Waals surface area contributed by atoms with E-state index in [0.717, 1.165) is 0 Å². The fourth-order valence-electron chi connectivity index (χ4n) is 0. The Kier molecular flexibility index (Phi) is 25.9. The molecule has 4 nitrogen and oxygen atoms in total. The molecule has 0 aliphatic heterocycles. The molecule has 0 radical (unpaired) electrons. The Morgan fingerprint density at radius 3 is 1.00 bits per heavy atom. The van der Waals surface area contributed by atoms with Gasteiger partial charge >= 0.3 is 69.5 Å². The molecule has 0 bridgehead atoms. The van der Waals surface area contributed by atoms with E-state index in [0.29, 0.717) is 0 Å². The number of hydrogen-bond acceptors (Lipinski definition) is 2. The zero-order valence-electron chi connectivity index (χ0n) is 2.62. The van der Waals surface area contributed by atoms with Gasteiger partial charge in [-0.2, -0.15) is 21.9 Å². The monoisotopic (exact) mass is 180 g/mol. The van der Waals surface area contributed by atoms with Gasteiger partial charge in [0.25, 0.3) is 0 Å². The van der Waals surface area contributed by atoms with Crippen LogP contribution in [0.5, 0.6) is 0 Å². The van der Waals surface area contributed by atoms with E-state index in [1.165, 1.54) is 0 Å². The third-order valence-electron chi connectivity index (χ3n) is 0. The molecule has 44 valence electrons. The average Bonchev–Trinajstić information content (AvgIpc) is 0.722. The zero-order chi connectivity index (χ0) is 4.50. The standard InChI is InChI=1S/2Na.H2O4S.H2S.2H/c;;1-5(2,3)4;;;/h;;(H2,1,2,3,4);1H2;;. The molecular formula is H6Na2O4S2. The van der Waals surface area contributed by atoms with Crippen LogP contribution < -0.4 is 0 Å². The van der Waals surface area contributed by atoms with Gasteiger partial charge in [-0.1, -0.05) is 0 Å². The Labute approximate surface area is 99.0 Å². The van der Waals surface area contributed by atoms with E-state index >= 15 is 0 Å². The summed E-state index contributed by atoms with van der Waals surface area (Å²) in [5.74, 6) is 0. The predicted octanol–water partition coefficient (Wildman–Crippen LogP) is -1.84. The van der Waals surface area contributed by atoms with Gasteiger partial charge < -0.3 is 0 Å². The summed E-state index contributed by atoms with van der Waals surface area (Å²) in [7, 11) is -4.67. The SMILES string of the molecule is O=S(=O)(O)O.S.[NaH].[NaH]. The van der Waals surface area contributed by atoms with Crippen LogP contribution in [-0.4, -0.2) is 76.6 Å². The van der Waals surface area contributed by atoms with Gasteiger partial charge in [-0.15, -0.1) is 0 Å². The fourth-order valence-corrected chi connectivity index (χ4v) is 0. The predicted molar refractivity (Wildman–Crippen MR) is 38.9 cm³/mol. The zero-order valence-corrected chi connectivity index (χ0v) is 4.44. The van der Waals surface area contributed by atoms with E-state index in [4.69, 9.17) is 17.5 Å². The van der Waals surface area contributed by atoms with Crippen molar-refractivity contribution in [2.24, 2.45) is 0 Å². The van der Waals surface area contributed by atoms with Gasteiger partial charge in [-0.3, -0.25) is 9.11 Å². The molecule has 0 aromatic rings. The summed E-state index contributed by atoms with van der Waals surface area (Å²) in [5.41, 5.74) is 0. The maximum atomic E-state index is 8.74. The molecule has 0 aromatic carbocycles. The van der Waals surface area contributed by atoms with Crippen LogP contribution in [0, 0.1) is 0 Å².